The minimum absolute atomic E-state index is 0.00776. The summed E-state index contributed by atoms with van der Waals surface area (Å²) in [6.07, 6.45) is 1.33. The number of benzene rings is 1. The zero-order valence-electron chi connectivity index (χ0n) is 12.7. The Labute approximate surface area is 140 Å². The number of amides is 3. The van der Waals surface area contributed by atoms with Gasteiger partial charge in [0.15, 0.2) is 0 Å². The first-order chi connectivity index (χ1) is 10.3. The third kappa shape index (κ3) is 5.73. The molecule has 122 valence electrons. The normalized spacial score (nSPS) is 13.3. The van der Waals surface area contributed by atoms with Gasteiger partial charge in [0.1, 0.15) is 6.04 Å². The molecule has 0 radical (unpaired) electrons. The van der Waals surface area contributed by atoms with Crippen molar-refractivity contribution in [1.82, 2.24) is 10.6 Å². The molecule has 0 heterocycles. The average Bonchev–Trinajstić information content (AvgIpc) is 2.45. The van der Waals surface area contributed by atoms with E-state index in [0.29, 0.717) is 23.0 Å². The number of rotatable bonds is 7. The van der Waals surface area contributed by atoms with E-state index in [1.54, 1.807) is 12.1 Å². The highest BCUT2D eigenvalue weighted by atomic mass is 35.5. The predicted octanol–water partition coefficient (Wildman–Crippen LogP) is 2.74. The van der Waals surface area contributed by atoms with Crippen LogP contribution in [0.25, 0.3) is 0 Å². The van der Waals surface area contributed by atoms with Gasteiger partial charge in [-0.25, -0.2) is 4.79 Å². The van der Waals surface area contributed by atoms with Crippen LogP contribution in [-0.2, 0) is 11.2 Å². The van der Waals surface area contributed by atoms with E-state index >= 15 is 0 Å². The first-order valence-electron chi connectivity index (χ1n) is 7.12. The van der Waals surface area contributed by atoms with Crippen molar-refractivity contribution in [3.8, 4) is 0 Å². The van der Waals surface area contributed by atoms with Gasteiger partial charge < -0.3 is 16.4 Å². The molecule has 1 aromatic rings. The summed E-state index contributed by atoms with van der Waals surface area (Å²) in [6, 6.07) is 3.90. The molecule has 0 aromatic heterocycles. The molecule has 0 fully saturated rings. The summed E-state index contributed by atoms with van der Waals surface area (Å²) in [6.45, 7) is 4.24. The topological polar surface area (TPSA) is 84.2 Å². The summed E-state index contributed by atoms with van der Waals surface area (Å²) < 4.78 is 0. The molecule has 3 amide bonds. The lowest BCUT2D eigenvalue weighted by atomic mass is 9.98. The molecule has 1 aromatic carbocycles. The van der Waals surface area contributed by atoms with Gasteiger partial charge in [-0.1, -0.05) is 49.5 Å². The Bertz CT molecular complexity index is 538. The van der Waals surface area contributed by atoms with Gasteiger partial charge in [0.2, 0.25) is 5.91 Å². The van der Waals surface area contributed by atoms with Crippen LogP contribution in [0.4, 0.5) is 4.79 Å². The van der Waals surface area contributed by atoms with E-state index in [0.717, 1.165) is 12.0 Å². The van der Waals surface area contributed by atoms with E-state index in [9.17, 15) is 9.59 Å². The van der Waals surface area contributed by atoms with Crippen molar-refractivity contribution in [3.05, 3.63) is 33.8 Å². The van der Waals surface area contributed by atoms with Crippen molar-refractivity contribution in [2.45, 2.75) is 32.7 Å². The Hall–Kier alpha value is -1.46. The first kappa shape index (κ1) is 18.6. The fourth-order valence-corrected chi connectivity index (χ4v) is 2.51. The molecule has 0 aliphatic rings. The Morgan fingerprint density at radius 2 is 2.00 bits per heavy atom. The van der Waals surface area contributed by atoms with E-state index in [4.69, 9.17) is 28.9 Å². The highest BCUT2D eigenvalue weighted by Gasteiger charge is 2.24. The molecule has 1 rings (SSSR count). The fraction of sp³-hybridized carbons (Fsp3) is 0.467. The lowest BCUT2D eigenvalue weighted by Crippen LogP contribution is -2.52. The Morgan fingerprint density at radius 1 is 1.32 bits per heavy atom. The van der Waals surface area contributed by atoms with Crippen molar-refractivity contribution < 1.29 is 9.59 Å². The molecule has 0 bridgehead atoms. The van der Waals surface area contributed by atoms with Gasteiger partial charge in [-0.15, -0.1) is 0 Å². The smallest absolute Gasteiger partial charge is 0.312 e. The van der Waals surface area contributed by atoms with Gasteiger partial charge in [-0.05, 0) is 30.0 Å². The molecular formula is C15H21Cl2N3O2. The van der Waals surface area contributed by atoms with Crippen molar-refractivity contribution >= 4 is 35.1 Å². The lowest BCUT2D eigenvalue weighted by Gasteiger charge is -2.22. The molecule has 22 heavy (non-hydrogen) atoms. The van der Waals surface area contributed by atoms with E-state index in [2.05, 4.69) is 10.6 Å². The number of carbonyl (C=O) groups is 2. The molecule has 7 heteroatoms. The molecule has 4 N–H and O–H groups in total. The van der Waals surface area contributed by atoms with Gasteiger partial charge in [-0.2, -0.15) is 0 Å². The molecule has 0 saturated heterocycles. The van der Waals surface area contributed by atoms with E-state index in [1.807, 2.05) is 19.9 Å². The van der Waals surface area contributed by atoms with Gasteiger partial charge in [-0.3, -0.25) is 4.79 Å². The summed E-state index contributed by atoms with van der Waals surface area (Å²) in [4.78, 5) is 23.2. The van der Waals surface area contributed by atoms with E-state index < -0.39 is 12.1 Å². The average molecular weight is 346 g/mol. The Kier molecular flexibility index (Phi) is 7.48. The van der Waals surface area contributed by atoms with Crippen LogP contribution >= 0.6 is 23.2 Å². The lowest BCUT2D eigenvalue weighted by molar-refractivity contribution is -0.124. The molecule has 0 saturated carbocycles. The zero-order valence-corrected chi connectivity index (χ0v) is 14.2. The van der Waals surface area contributed by atoms with Crippen molar-refractivity contribution in [3.63, 3.8) is 0 Å². The predicted molar refractivity (Wildman–Crippen MR) is 89.1 cm³/mol. The van der Waals surface area contributed by atoms with Crippen LogP contribution in [0.1, 0.15) is 25.8 Å². The Morgan fingerprint density at radius 3 is 2.55 bits per heavy atom. The highest BCUT2D eigenvalue weighted by molar-refractivity contribution is 6.35. The molecule has 0 aliphatic carbocycles. The van der Waals surface area contributed by atoms with Gasteiger partial charge in [0.25, 0.3) is 0 Å². The van der Waals surface area contributed by atoms with E-state index in [1.165, 1.54) is 0 Å². The SMILES string of the molecule is CCC(C)C(NC(N)=O)C(=O)NCCc1ccc(Cl)cc1Cl. The molecule has 5 nitrogen and oxygen atoms in total. The maximum absolute atomic E-state index is 12.2. The van der Waals surface area contributed by atoms with Gasteiger partial charge in [0, 0.05) is 16.6 Å². The van der Waals surface area contributed by atoms with E-state index in [-0.39, 0.29) is 11.8 Å². The monoisotopic (exact) mass is 345 g/mol. The number of primary amides is 1. The standard InChI is InChI=1S/C15H21Cl2N3O2/c1-3-9(2)13(20-15(18)22)14(21)19-7-6-10-4-5-11(16)8-12(10)17/h4-5,8-9,13H,3,6-7H2,1-2H3,(H,19,21)(H3,18,20,22). The van der Waals surface area contributed by atoms with Crippen LogP contribution in [0.5, 0.6) is 0 Å². The number of nitrogens with two attached hydrogens (primary N) is 1. The summed E-state index contributed by atoms with van der Waals surface area (Å²) in [5.74, 6) is -0.259. The second kappa shape index (κ2) is 8.86. The number of nitrogens with one attached hydrogen (secondary N) is 2. The number of urea groups is 1. The maximum atomic E-state index is 12.2. The van der Waals surface area contributed by atoms with Crippen LogP contribution in [0.2, 0.25) is 10.0 Å². The first-order valence-corrected chi connectivity index (χ1v) is 7.88. The summed E-state index contributed by atoms with van der Waals surface area (Å²) >= 11 is 11.9. The van der Waals surface area contributed by atoms with Crippen LogP contribution in [-0.4, -0.2) is 24.5 Å². The fourth-order valence-electron chi connectivity index (χ4n) is 2.01. The third-order valence-electron chi connectivity index (χ3n) is 3.50. The summed E-state index contributed by atoms with van der Waals surface area (Å²) in [5.41, 5.74) is 6.01. The second-order valence-corrected chi connectivity index (χ2v) is 5.99. The zero-order chi connectivity index (χ0) is 16.7. The summed E-state index contributed by atoms with van der Waals surface area (Å²) in [5, 5.41) is 6.41. The molecule has 2 unspecified atom stereocenters. The summed E-state index contributed by atoms with van der Waals surface area (Å²) in [7, 11) is 0. The van der Waals surface area contributed by atoms with Gasteiger partial charge in [0.05, 0.1) is 0 Å². The minimum Gasteiger partial charge on any atom is -0.354 e. The molecule has 0 spiro atoms. The van der Waals surface area contributed by atoms with Crippen LogP contribution in [0.15, 0.2) is 18.2 Å². The van der Waals surface area contributed by atoms with Crippen LogP contribution in [0.3, 0.4) is 0 Å². The van der Waals surface area contributed by atoms with Crippen LogP contribution in [0, 0.1) is 5.92 Å². The molecular weight excluding hydrogens is 325 g/mol. The maximum Gasteiger partial charge on any atom is 0.312 e. The van der Waals surface area contributed by atoms with Crippen molar-refractivity contribution in [2.75, 3.05) is 6.54 Å². The van der Waals surface area contributed by atoms with Gasteiger partial charge >= 0.3 is 6.03 Å². The number of halogens is 2. The molecule has 2 atom stereocenters. The third-order valence-corrected chi connectivity index (χ3v) is 4.09. The Balaban J connectivity index is 2.57. The highest BCUT2D eigenvalue weighted by Crippen LogP contribution is 2.21. The quantitative estimate of drug-likeness (QED) is 0.709. The number of hydrogen-bond acceptors (Lipinski definition) is 2. The van der Waals surface area contributed by atoms with Crippen LogP contribution < -0.4 is 16.4 Å². The van der Waals surface area contributed by atoms with Crippen molar-refractivity contribution in [1.29, 1.82) is 0 Å². The number of carbonyl (C=O) groups excluding carboxylic acids is 2. The minimum atomic E-state index is -0.707. The molecule has 0 aliphatic heterocycles. The number of hydrogen-bond donors (Lipinski definition) is 3. The van der Waals surface area contributed by atoms with Crippen molar-refractivity contribution in [2.24, 2.45) is 11.7 Å². The second-order valence-electron chi connectivity index (χ2n) is 5.15. The largest absolute Gasteiger partial charge is 0.354 e.